The Morgan fingerprint density at radius 1 is 1.08 bits per heavy atom. The Bertz CT molecular complexity index is 302. The highest BCUT2D eigenvalue weighted by atomic mass is 16.5. The SMILES string of the molecule is COc1ccc(C2(C)C=C2)cc1. The smallest absolute Gasteiger partial charge is 0.118 e. The van der Waals surface area contributed by atoms with E-state index in [0.717, 1.165) is 5.75 Å². The first kappa shape index (κ1) is 7.41. The van der Waals surface area contributed by atoms with Crippen molar-refractivity contribution in [3.8, 4) is 5.75 Å². The molecule has 0 aliphatic heterocycles. The van der Waals surface area contributed by atoms with Crippen molar-refractivity contribution in [1.29, 1.82) is 0 Å². The minimum atomic E-state index is 0.228. The van der Waals surface area contributed by atoms with Gasteiger partial charge in [-0.25, -0.2) is 0 Å². The van der Waals surface area contributed by atoms with E-state index in [9.17, 15) is 0 Å². The summed E-state index contributed by atoms with van der Waals surface area (Å²) in [5.74, 6) is 0.919. The second-order valence-electron chi connectivity index (χ2n) is 3.34. The van der Waals surface area contributed by atoms with Crippen molar-refractivity contribution in [2.24, 2.45) is 0 Å². The average Bonchev–Trinajstić information content (AvgIpc) is 2.85. The van der Waals surface area contributed by atoms with Gasteiger partial charge in [0.15, 0.2) is 0 Å². The van der Waals surface area contributed by atoms with Crippen LogP contribution in [0.2, 0.25) is 0 Å². The summed E-state index contributed by atoms with van der Waals surface area (Å²) in [5, 5.41) is 0. The highest BCUT2D eigenvalue weighted by Gasteiger charge is 2.29. The molecular weight excluding hydrogens is 148 g/mol. The highest BCUT2D eigenvalue weighted by molar-refractivity contribution is 5.47. The predicted molar refractivity (Wildman–Crippen MR) is 49.5 cm³/mol. The number of hydrogen-bond acceptors (Lipinski definition) is 1. The summed E-state index contributed by atoms with van der Waals surface area (Å²) in [6.07, 6.45) is 4.41. The van der Waals surface area contributed by atoms with E-state index >= 15 is 0 Å². The van der Waals surface area contributed by atoms with E-state index in [0.29, 0.717) is 0 Å². The summed E-state index contributed by atoms with van der Waals surface area (Å²) in [7, 11) is 1.69. The maximum absolute atomic E-state index is 5.08. The van der Waals surface area contributed by atoms with Crippen LogP contribution in [0.4, 0.5) is 0 Å². The Morgan fingerprint density at radius 2 is 1.67 bits per heavy atom. The molecule has 0 fully saturated rings. The number of rotatable bonds is 2. The second-order valence-corrected chi connectivity index (χ2v) is 3.34. The van der Waals surface area contributed by atoms with Gasteiger partial charge in [0, 0.05) is 5.41 Å². The number of hydrogen-bond donors (Lipinski definition) is 0. The van der Waals surface area contributed by atoms with Gasteiger partial charge in [-0.2, -0.15) is 0 Å². The molecule has 0 saturated heterocycles. The van der Waals surface area contributed by atoms with Crippen molar-refractivity contribution in [1.82, 2.24) is 0 Å². The molecule has 0 aromatic heterocycles. The molecule has 1 aliphatic carbocycles. The lowest BCUT2D eigenvalue weighted by Gasteiger charge is -2.09. The quantitative estimate of drug-likeness (QED) is 0.604. The number of methoxy groups -OCH3 is 1. The van der Waals surface area contributed by atoms with Crippen LogP contribution in [0.5, 0.6) is 5.75 Å². The molecule has 2 rings (SSSR count). The van der Waals surface area contributed by atoms with Gasteiger partial charge in [-0.3, -0.25) is 0 Å². The lowest BCUT2D eigenvalue weighted by atomic mass is 9.96. The van der Waals surface area contributed by atoms with E-state index in [4.69, 9.17) is 4.74 Å². The molecule has 0 atom stereocenters. The first-order chi connectivity index (χ1) is 5.74. The monoisotopic (exact) mass is 160 g/mol. The van der Waals surface area contributed by atoms with Crippen LogP contribution < -0.4 is 4.74 Å². The van der Waals surface area contributed by atoms with Gasteiger partial charge >= 0.3 is 0 Å². The van der Waals surface area contributed by atoms with Crippen LogP contribution in [0.25, 0.3) is 0 Å². The highest BCUT2D eigenvalue weighted by Crippen LogP contribution is 2.38. The van der Waals surface area contributed by atoms with E-state index in [1.165, 1.54) is 5.56 Å². The van der Waals surface area contributed by atoms with Crippen LogP contribution in [0, 0.1) is 0 Å². The fourth-order valence-corrected chi connectivity index (χ4v) is 1.27. The molecule has 1 aromatic carbocycles. The summed E-state index contributed by atoms with van der Waals surface area (Å²) in [6, 6.07) is 8.22. The van der Waals surface area contributed by atoms with Gasteiger partial charge in [0.05, 0.1) is 7.11 Å². The Kier molecular flexibility index (Phi) is 1.47. The Hall–Kier alpha value is -1.24. The van der Waals surface area contributed by atoms with E-state index in [-0.39, 0.29) is 5.41 Å². The summed E-state index contributed by atoms with van der Waals surface area (Å²) in [5.41, 5.74) is 1.56. The average molecular weight is 160 g/mol. The third kappa shape index (κ3) is 1.11. The van der Waals surface area contributed by atoms with E-state index in [1.54, 1.807) is 7.11 Å². The van der Waals surface area contributed by atoms with Gasteiger partial charge < -0.3 is 4.74 Å². The number of ether oxygens (including phenoxy) is 1. The van der Waals surface area contributed by atoms with Gasteiger partial charge in [0.1, 0.15) is 5.75 Å². The van der Waals surface area contributed by atoms with Crippen LogP contribution in [-0.2, 0) is 5.41 Å². The minimum absolute atomic E-state index is 0.228. The second kappa shape index (κ2) is 2.37. The standard InChI is InChI=1S/C11H12O/c1-11(7-8-11)9-3-5-10(12-2)6-4-9/h3-8H,1-2H3. The van der Waals surface area contributed by atoms with Crippen molar-refractivity contribution in [2.75, 3.05) is 7.11 Å². The Morgan fingerprint density at radius 3 is 2.08 bits per heavy atom. The maximum atomic E-state index is 5.08. The summed E-state index contributed by atoms with van der Waals surface area (Å²) >= 11 is 0. The van der Waals surface area contributed by atoms with E-state index in [1.807, 2.05) is 12.1 Å². The molecule has 0 saturated carbocycles. The predicted octanol–water partition coefficient (Wildman–Crippen LogP) is 2.52. The third-order valence-corrected chi connectivity index (χ3v) is 2.38. The fraction of sp³-hybridized carbons (Fsp3) is 0.273. The van der Waals surface area contributed by atoms with E-state index < -0.39 is 0 Å². The molecule has 1 aliphatic rings. The molecule has 0 bridgehead atoms. The first-order valence-corrected chi connectivity index (χ1v) is 4.09. The molecule has 12 heavy (non-hydrogen) atoms. The topological polar surface area (TPSA) is 9.23 Å². The molecule has 1 heteroatoms. The number of allylic oxidation sites excluding steroid dienone is 2. The fourth-order valence-electron chi connectivity index (χ4n) is 1.27. The molecule has 0 amide bonds. The third-order valence-electron chi connectivity index (χ3n) is 2.38. The lowest BCUT2D eigenvalue weighted by molar-refractivity contribution is 0.414. The number of benzene rings is 1. The first-order valence-electron chi connectivity index (χ1n) is 4.09. The van der Waals surface area contributed by atoms with Crippen molar-refractivity contribution in [3.05, 3.63) is 42.0 Å². The van der Waals surface area contributed by atoms with Gasteiger partial charge in [0.2, 0.25) is 0 Å². The molecule has 0 unspecified atom stereocenters. The Balaban J connectivity index is 2.25. The molecule has 0 spiro atoms. The van der Waals surface area contributed by atoms with Crippen molar-refractivity contribution in [3.63, 3.8) is 0 Å². The van der Waals surface area contributed by atoms with Gasteiger partial charge in [0.25, 0.3) is 0 Å². The van der Waals surface area contributed by atoms with Crippen LogP contribution in [-0.4, -0.2) is 7.11 Å². The van der Waals surface area contributed by atoms with Crippen molar-refractivity contribution < 1.29 is 4.74 Å². The molecule has 1 nitrogen and oxygen atoms in total. The summed E-state index contributed by atoms with van der Waals surface area (Å²) < 4.78 is 5.08. The minimum Gasteiger partial charge on any atom is -0.497 e. The zero-order valence-electron chi connectivity index (χ0n) is 7.37. The normalized spacial score (nSPS) is 17.5. The van der Waals surface area contributed by atoms with Crippen LogP contribution >= 0.6 is 0 Å². The Labute approximate surface area is 72.7 Å². The molecule has 1 aromatic rings. The van der Waals surface area contributed by atoms with Gasteiger partial charge in [-0.05, 0) is 24.6 Å². The largest absolute Gasteiger partial charge is 0.497 e. The van der Waals surface area contributed by atoms with Gasteiger partial charge in [-0.15, -0.1) is 0 Å². The summed E-state index contributed by atoms with van der Waals surface area (Å²) in [6.45, 7) is 2.20. The maximum Gasteiger partial charge on any atom is 0.118 e. The molecule has 0 radical (unpaired) electrons. The van der Waals surface area contributed by atoms with Crippen LogP contribution in [0.1, 0.15) is 12.5 Å². The van der Waals surface area contributed by atoms with Crippen molar-refractivity contribution >= 4 is 0 Å². The van der Waals surface area contributed by atoms with Gasteiger partial charge in [-0.1, -0.05) is 24.3 Å². The van der Waals surface area contributed by atoms with Crippen molar-refractivity contribution in [2.45, 2.75) is 12.3 Å². The summed E-state index contributed by atoms with van der Waals surface area (Å²) in [4.78, 5) is 0. The van der Waals surface area contributed by atoms with E-state index in [2.05, 4.69) is 31.2 Å². The zero-order valence-corrected chi connectivity index (χ0v) is 7.37. The van der Waals surface area contributed by atoms with Crippen LogP contribution in [0.3, 0.4) is 0 Å². The molecule has 0 N–H and O–H groups in total. The lowest BCUT2D eigenvalue weighted by Crippen LogP contribution is -2.00. The molecular formula is C11H12O. The molecule has 62 valence electrons. The zero-order chi connectivity index (χ0) is 8.60. The molecule has 0 heterocycles. The van der Waals surface area contributed by atoms with Crippen LogP contribution in [0.15, 0.2) is 36.4 Å².